The predicted octanol–water partition coefficient (Wildman–Crippen LogP) is 5.24. The molecule has 1 saturated heterocycles. The number of Topliss-reactive ketones (excluding diaryl/α,β-unsaturated/α-hetero) is 1. The lowest BCUT2D eigenvalue weighted by Crippen LogP contribution is -2.30. The number of nitrogens with zero attached hydrogens (tertiary/aromatic N) is 2. The molecule has 0 radical (unpaired) electrons. The lowest BCUT2D eigenvalue weighted by atomic mass is 9.99. The number of rotatable bonds is 4. The molecule has 1 aliphatic rings. The molecule has 2 aromatic heterocycles. The molecule has 172 valence electrons. The van der Waals surface area contributed by atoms with Gasteiger partial charge in [-0.25, -0.2) is 9.37 Å². The summed E-state index contributed by atoms with van der Waals surface area (Å²) in [6.45, 7) is 0. The number of halogens is 3. The number of ether oxygens (including phenoxy) is 1. The first kappa shape index (κ1) is 22.0. The van der Waals surface area contributed by atoms with Gasteiger partial charge in [0.1, 0.15) is 23.4 Å². The number of hydrogen-bond donors (Lipinski definition) is 2. The van der Waals surface area contributed by atoms with Crippen LogP contribution in [0.25, 0.3) is 16.8 Å². The van der Waals surface area contributed by atoms with Crippen molar-refractivity contribution in [2.75, 3.05) is 12.0 Å². The van der Waals surface area contributed by atoms with E-state index in [2.05, 4.69) is 9.97 Å². The average Bonchev–Trinajstić information content (AvgIpc) is 3.51. The fourth-order valence-electron chi connectivity index (χ4n) is 3.90. The van der Waals surface area contributed by atoms with Gasteiger partial charge in [0.25, 0.3) is 5.78 Å². The van der Waals surface area contributed by atoms with Gasteiger partial charge in [0.15, 0.2) is 5.75 Å². The van der Waals surface area contributed by atoms with E-state index in [4.69, 9.17) is 32.4 Å². The molecule has 2 aromatic carbocycles. The van der Waals surface area contributed by atoms with Crippen molar-refractivity contribution in [3.63, 3.8) is 0 Å². The fourth-order valence-corrected chi connectivity index (χ4v) is 4.54. The van der Waals surface area contributed by atoms with Crippen LogP contribution in [0.15, 0.2) is 58.7 Å². The number of H-pyrrole nitrogens is 1. The van der Waals surface area contributed by atoms with Crippen LogP contribution in [0.2, 0.25) is 10.0 Å². The highest BCUT2D eigenvalue weighted by Gasteiger charge is 2.49. The van der Waals surface area contributed by atoms with Crippen molar-refractivity contribution >= 4 is 57.6 Å². The summed E-state index contributed by atoms with van der Waals surface area (Å²) in [5, 5.41) is 11.3. The van der Waals surface area contributed by atoms with Gasteiger partial charge in [-0.3, -0.25) is 14.5 Å². The van der Waals surface area contributed by atoms with E-state index in [-0.39, 0.29) is 38.6 Å². The van der Waals surface area contributed by atoms with Gasteiger partial charge in [0.2, 0.25) is 5.95 Å². The molecule has 3 heterocycles. The third-order valence-electron chi connectivity index (χ3n) is 5.39. The zero-order valence-corrected chi connectivity index (χ0v) is 18.8. The molecule has 0 bridgehead atoms. The molecule has 11 heteroatoms. The molecule has 1 atom stereocenters. The molecule has 34 heavy (non-hydrogen) atoms. The maximum Gasteiger partial charge on any atom is 0.302 e. The van der Waals surface area contributed by atoms with Crippen molar-refractivity contribution < 1.29 is 28.2 Å². The van der Waals surface area contributed by atoms with E-state index in [1.54, 1.807) is 12.1 Å². The average molecular weight is 502 g/mol. The molecule has 1 aliphatic heterocycles. The second-order valence-corrected chi connectivity index (χ2v) is 8.19. The second kappa shape index (κ2) is 8.19. The van der Waals surface area contributed by atoms with Crippen molar-refractivity contribution in [3.05, 3.63) is 81.5 Å². The smallest absolute Gasteiger partial charge is 0.302 e. The highest BCUT2D eigenvalue weighted by atomic mass is 35.5. The van der Waals surface area contributed by atoms with Gasteiger partial charge in [-0.2, -0.15) is 0 Å². The standard InChI is InChI=1S/C23H14Cl2FN3O5/c1-33-21-12(24)7-10(8-13(21)25)19(30)17-18(16-3-2-6-34-16)29(22(32)20(17)31)23-27-14-5-4-11(26)9-15(14)28-23/h2-9,18,30H,1H3,(H,27,28)/b19-17+. The van der Waals surface area contributed by atoms with Gasteiger partial charge < -0.3 is 19.2 Å². The Hall–Kier alpha value is -3.82. The van der Waals surface area contributed by atoms with Crippen LogP contribution in [0.3, 0.4) is 0 Å². The molecular weight excluding hydrogens is 488 g/mol. The number of ketones is 1. The van der Waals surface area contributed by atoms with Crippen molar-refractivity contribution in [2.45, 2.75) is 6.04 Å². The van der Waals surface area contributed by atoms with Crippen LogP contribution in [0.1, 0.15) is 17.4 Å². The number of nitrogens with one attached hydrogen (secondary N) is 1. The zero-order chi connectivity index (χ0) is 24.1. The molecule has 4 aromatic rings. The number of aliphatic hydroxyl groups excluding tert-OH is 1. The summed E-state index contributed by atoms with van der Waals surface area (Å²) in [5.41, 5.74) is 0.537. The molecule has 0 spiro atoms. The second-order valence-electron chi connectivity index (χ2n) is 7.38. The molecule has 1 fully saturated rings. The maximum atomic E-state index is 13.7. The lowest BCUT2D eigenvalue weighted by molar-refractivity contribution is -0.132. The molecular formula is C23H14Cl2FN3O5. The Bertz CT molecular complexity index is 1470. The number of aromatic amines is 1. The van der Waals surface area contributed by atoms with E-state index in [0.29, 0.717) is 11.0 Å². The Morgan fingerprint density at radius 3 is 2.59 bits per heavy atom. The van der Waals surface area contributed by atoms with Crippen molar-refractivity contribution in [3.8, 4) is 5.75 Å². The van der Waals surface area contributed by atoms with Crippen LogP contribution < -0.4 is 9.64 Å². The molecule has 1 unspecified atom stereocenters. The van der Waals surface area contributed by atoms with E-state index in [1.165, 1.54) is 43.7 Å². The number of imidazole rings is 1. The highest BCUT2D eigenvalue weighted by molar-refractivity contribution is 6.51. The normalized spacial score (nSPS) is 17.6. The van der Waals surface area contributed by atoms with Gasteiger partial charge >= 0.3 is 5.91 Å². The highest BCUT2D eigenvalue weighted by Crippen LogP contribution is 2.43. The molecule has 1 amide bonds. The van der Waals surface area contributed by atoms with Crippen molar-refractivity contribution in [1.82, 2.24) is 9.97 Å². The number of fused-ring (bicyclic) bond motifs is 1. The minimum atomic E-state index is -1.17. The molecule has 8 nitrogen and oxygen atoms in total. The monoisotopic (exact) mass is 501 g/mol. The first-order chi connectivity index (χ1) is 16.3. The molecule has 0 aliphatic carbocycles. The zero-order valence-electron chi connectivity index (χ0n) is 17.3. The molecule has 2 N–H and O–H groups in total. The summed E-state index contributed by atoms with van der Waals surface area (Å²) in [6, 6.07) is 8.55. The van der Waals surface area contributed by atoms with Crippen LogP contribution in [0.4, 0.5) is 10.3 Å². The number of furan rings is 1. The quantitative estimate of drug-likeness (QED) is 0.225. The number of carbonyl (C=O) groups excluding carboxylic acids is 2. The Kier molecular flexibility index (Phi) is 5.30. The number of hydrogen-bond acceptors (Lipinski definition) is 6. The first-order valence-electron chi connectivity index (χ1n) is 9.83. The van der Waals surface area contributed by atoms with Crippen LogP contribution >= 0.6 is 23.2 Å². The summed E-state index contributed by atoms with van der Waals surface area (Å²) in [6.07, 6.45) is 1.37. The van der Waals surface area contributed by atoms with E-state index in [9.17, 15) is 19.1 Å². The molecule has 0 saturated carbocycles. The predicted molar refractivity (Wildman–Crippen MR) is 123 cm³/mol. The summed E-state index contributed by atoms with van der Waals surface area (Å²) >= 11 is 12.4. The maximum absolute atomic E-state index is 13.7. The minimum Gasteiger partial charge on any atom is -0.507 e. The van der Waals surface area contributed by atoms with E-state index < -0.39 is 29.3 Å². The number of carbonyl (C=O) groups is 2. The first-order valence-corrected chi connectivity index (χ1v) is 10.6. The van der Waals surface area contributed by atoms with Crippen LogP contribution in [-0.2, 0) is 9.59 Å². The number of benzene rings is 2. The van der Waals surface area contributed by atoms with Gasteiger partial charge in [0.05, 0.1) is 40.0 Å². The Labute approximate surface area is 201 Å². The van der Waals surface area contributed by atoms with Crippen molar-refractivity contribution in [1.29, 1.82) is 0 Å². The number of amides is 1. The van der Waals surface area contributed by atoms with Gasteiger partial charge in [-0.1, -0.05) is 23.2 Å². The largest absolute Gasteiger partial charge is 0.507 e. The van der Waals surface area contributed by atoms with E-state index in [0.717, 1.165) is 4.90 Å². The van der Waals surface area contributed by atoms with Gasteiger partial charge in [0, 0.05) is 5.56 Å². The lowest BCUT2D eigenvalue weighted by Gasteiger charge is -2.20. The SMILES string of the molecule is COc1c(Cl)cc(/C(O)=C2\C(=O)C(=O)N(c3nc4ccc(F)cc4[nH]3)C2c2ccco2)cc1Cl. The fraction of sp³-hybridized carbons (Fsp3) is 0.0870. The molecule has 5 rings (SSSR count). The summed E-state index contributed by atoms with van der Waals surface area (Å²) in [7, 11) is 1.38. The van der Waals surface area contributed by atoms with Gasteiger partial charge in [-0.15, -0.1) is 0 Å². The van der Waals surface area contributed by atoms with Crippen molar-refractivity contribution in [2.24, 2.45) is 0 Å². The minimum absolute atomic E-state index is 0.0195. The Balaban J connectivity index is 1.71. The number of aliphatic hydroxyl groups is 1. The summed E-state index contributed by atoms with van der Waals surface area (Å²) < 4.78 is 24.3. The number of anilines is 1. The third-order valence-corrected chi connectivity index (χ3v) is 5.95. The Morgan fingerprint density at radius 2 is 1.94 bits per heavy atom. The topological polar surface area (TPSA) is 109 Å². The summed E-state index contributed by atoms with van der Waals surface area (Å²) in [4.78, 5) is 34.5. The third kappa shape index (κ3) is 3.41. The number of methoxy groups -OCH3 is 1. The van der Waals surface area contributed by atoms with Crippen LogP contribution in [-0.4, -0.2) is 33.9 Å². The van der Waals surface area contributed by atoms with E-state index >= 15 is 0 Å². The van der Waals surface area contributed by atoms with E-state index in [1.807, 2.05) is 0 Å². The summed E-state index contributed by atoms with van der Waals surface area (Å²) in [5.74, 6) is -2.59. The van der Waals surface area contributed by atoms with Crippen LogP contribution in [0.5, 0.6) is 5.75 Å². The number of aromatic nitrogens is 2. The van der Waals surface area contributed by atoms with Gasteiger partial charge in [-0.05, 0) is 42.5 Å². The van der Waals surface area contributed by atoms with Crippen LogP contribution in [0, 0.1) is 5.82 Å². The Morgan fingerprint density at radius 1 is 1.21 bits per heavy atom.